The average molecular weight is 299 g/mol. The van der Waals surface area contributed by atoms with Crippen LogP contribution in [-0.2, 0) is 0 Å². The van der Waals surface area contributed by atoms with Crippen molar-refractivity contribution < 1.29 is 4.42 Å². The molecule has 1 N–H and O–H groups in total. The van der Waals surface area contributed by atoms with Crippen molar-refractivity contribution in [1.29, 1.82) is 0 Å². The van der Waals surface area contributed by atoms with Crippen molar-refractivity contribution in [3.8, 4) is 11.6 Å². The van der Waals surface area contributed by atoms with E-state index in [1.807, 2.05) is 12.1 Å². The smallest absolute Gasteiger partial charge is 0.175 e. The van der Waals surface area contributed by atoms with Crippen molar-refractivity contribution in [2.45, 2.75) is 19.8 Å². The third-order valence-corrected chi connectivity index (χ3v) is 3.58. The van der Waals surface area contributed by atoms with Gasteiger partial charge < -0.3 is 9.40 Å². The molecule has 2 rings (SSSR count). The van der Waals surface area contributed by atoms with Gasteiger partial charge in [-0.1, -0.05) is 26.1 Å². The monoisotopic (exact) mass is 298 g/mol. The minimum absolute atomic E-state index is 0.341. The van der Waals surface area contributed by atoms with Crippen LogP contribution in [0.2, 0.25) is 0 Å². The Balaban J connectivity index is 2.62. The normalized spacial score (nSPS) is 11.0. The van der Waals surface area contributed by atoms with E-state index in [1.54, 1.807) is 6.26 Å². The fourth-order valence-electron chi connectivity index (χ4n) is 1.40. The number of furan rings is 1. The molecule has 0 saturated carbocycles. The lowest BCUT2D eigenvalue weighted by Crippen LogP contribution is -1.99. The van der Waals surface area contributed by atoms with Gasteiger partial charge in [0.2, 0.25) is 0 Å². The van der Waals surface area contributed by atoms with Crippen molar-refractivity contribution in [2.75, 3.05) is 0 Å². The fourth-order valence-corrected chi connectivity index (χ4v) is 2.25. The van der Waals surface area contributed by atoms with Crippen LogP contribution in [0.4, 0.5) is 0 Å². The van der Waals surface area contributed by atoms with E-state index in [9.17, 15) is 0 Å². The molecule has 2 aromatic heterocycles. The molecule has 0 amide bonds. The Labute approximate surface area is 107 Å². The molecule has 0 atom stereocenters. The molecular weight excluding hydrogens is 288 g/mol. The van der Waals surface area contributed by atoms with Crippen LogP contribution in [-0.4, -0.2) is 9.97 Å². The fraction of sp³-hybridized carbons (Fsp3) is 0.273. The highest BCUT2D eigenvalue weighted by atomic mass is 79.9. The first-order chi connectivity index (χ1) is 7.59. The number of H-pyrrole nitrogens is 1. The van der Waals surface area contributed by atoms with Crippen molar-refractivity contribution in [3.05, 3.63) is 33.2 Å². The molecule has 2 aromatic rings. The first kappa shape index (κ1) is 11.5. The van der Waals surface area contributed by atoms with Crippen LogP contribution in [0.1, 0.15) is 25.5 Å². The number of aromatic nitrogens is 2. The van der Waals surface area contributed by atoms with Gasteiger partial charge in [-0.2, -0.15) is 0 Å². The first-order valence-electron chi connectivity index (χ1n) is 4.93. The van der Waals surface area contributed by atoms with Gasteiger partial charge in [0.25, 0.3) is 0 Å². The number of nitrogens with one attached hydrogen (secondary N) is 1. The second-order valence-electron chi connectivity index (χ2n) is 3.75. The summed E-state index contributed by atoms with van der Waals surface area (Å²) in [5, 5.41) is 0. The van der Waals surface area contributed by atoms with Crippen LogP contribution >= 0.6 is 28.1 Å². The van der Waals surface area contributed by atoms with Crippen LogP contribution in [0.15, 0.2) is 27.3 Å². The summed E-state index contributed by atoms with van der Waals surface area (Å²) in [4.78, 5) is 7.51. The zero-order chi connectivity index (χ0) is 11.7. The highest BCUT2D eigenvalue weighted by Crippen LogP contribution is 2.26. The number of hydrogen-bond acceptors (Lipinski definition) is 3. The summed E-state index contributed by atoms with van der Waals surface area (Å²) in [5.41, 5.74) is 1.03. The molecule has 0 aliphatic carbocycles. The Morgan fingerprint density at radius 3 is 2.81 bits per heavy atom. The van der Waals surface area contributed by atoms with E-state index in [-0.39, 0.29) is 0 Å². The summed E-state index contributed by atoms with van der Waals surface area (Å²) in [7, 11) is 0. The molecule has 0 bridgehead atoms. The minimum atomic E-state index is 0.341. The molecule has 3 nitrogen and oxygen atoms in total. The lowest BCUT2D eigenvalue weighted by molar-refractivity contribution is 0.576. The maximum Gasteiger partial charge on any atom is 0.175 e. The molecular formula is C11H11BrN2OS. The SMILES string of the molecule is CC(C)c1[nH]c(-c2ccco2)nc(=S)c1Br. The summed E-state index contributed by atoms with van der Waals surface area (Å²) < 4.78 is 6.70. The Morgan fingerprint density at radius 1 is 1.50 bits per heavy atom. The molecule has 5 heteroatoms. The zero-order valence-electron chi connectivity index (χ0n) is 8.95. The summed E-state index contributed by atoms with van der Waals surface area (Å²) in [6.07, 6.45) is 1.62. The van der Waals surface area contributed by atoms with Crippen LogP contribution in [0.25, 0.3) is 11.6 Å². The lowest BCUT2D eigenvalue weighted by atomic mass is 10.1. The van der Waals surface area contributed by atoms with Gasteiger partial charge >= 0.3 is 0 Å². The van der Waals surface area contributed by atoms with Crippen molar-refractivity contribution >= 4 is 28.1 Å². The number of hydrogen-bond donors (Lipinski definition) is 1. The number of halogens is 1. The number of rotatable bonds is 2. The van der Waals surface area contributed by atoms with E-state index in [0.717, 1.165) is 10.2 Å². The molecule has 16 heavy (non-hydrogen) atoms. The van der Waals surface area contributed by atoms with Gasteiger partial charge in [-0.15, -0.1) is 0 Å². The van der Waals surface area contributed by atoms with Gasteiger partial charge in [0.15, 0.2) is 11.6 Å². The molecule has 0 aromatic carbocycles. The molecule has 84 valence electrons. The molecule has 0 unspecified atom stereocenters. The van der Waals surface area contributed by atoms with Crippen LogP contribution in [0.5, 0.6) is 0 Å². The van der Waals surface area contributed by atoms with E-state index >= 15 is 0 Å². The molecule has 2 heterocycles. The van der Waals surface area contributed by atoms with Crippen molar-refractivity contribution in [1.82, 2.24) is 9.97 Å². The Morgan fingerprint density at radius 2 is 2.25 bits per heavy atom. The number of nitrogens with zero attached hydrogens (tertiary/aromatic N) is 1. The molecule has 0 saturated heterocycles. The standard InChI is InChI=1S/C11H11BrN2OS/c1-6(2)9-8(12)11(16)14-10(13-9)7-4-3-5-15-7/h3-6H,1-2H3,(H,13,14,16). The predicted octanol–water partition coefficient (Wildman–Crippen LogP) is 4.29. The first-order valence-corrected chi connectivity index (χ1v) is 6.13. The van der Waals surface area contributed by atoms with Crippen molar-refractivity contribution in [2.24, 2.45) is 0 Å². The summed E-state index contributed by atoms with van der Waals surface area (Å²) in [6.45, 7) is 4.19. The average Bonchev–Trinajstić information content (AvgIpc) is 2.74. The van der Waals surface area contributed by atoms with Gasteiger partial charge in [0.05, 0.1) is 10.7 Å². The second kappa shape index (κ2) is 4.51. The van der Waals surface area contributed by atoms with E-state index in [1.165, 1.54) is 0 Å². The molecule has 0 aliphatic rings. The van der Waals surface area contributed by atoms with Gasteiger partial charge in [-0.3, -0.25) is 0 Å². The molecule has 0 aliphatic heterocycles. The third-order valence-electron chi connectivity index (χ3n) is 2.22. The Hall–Kier alpha value is -0.940. The van der Waals surface area contributed by atoms with Crippen molar-refractivity contribution in [3.63, 3.8) is 0 Å². The van der Waals surface area contributed by atoms with Gasteiger partial charge in [0, 0.05) is 5.69 Å². The molecule has 0 spiro atoms. The highest BCUT2D eigenvalue weighted by molar-refractivity contribution is 9.10. The van der Waals surface area contributed by atoms with E-state index in [4.69, 9.17) is 16.6 Å². The highest BCUT2D eigenvalue weighted by Gasteiger charge is 2.11. The van der Waals surface area contributed by atoms with Gasteiger partial charge in [-0.25, -0.2) is 4.98 Å². The topological polar surface area (TPSA) is 41.8 Å². The number of aromatic amines is 1. The largest absolute Gasteiger partial charge is 0.461 e. The lowest BCUT2D eigenvalue weighted by Gasteiger charge is -2.09. The van der Waals surface area contributed by atoms with Gasteiger partial charge in [-0.05, 0) is 34.0 Å². The Kier molecular flexibility index (Phi) is 3.25. The third kappa shape index (κ3) is 2.10. The van der Waals surface area contributed by atoms with Crippen LogP contribution < -0.4 is 0 Å². The zero-order valence-corrected chi connectivity index (χ0v) is 11.4. The maximum atomic E-state index is 5.29. The van der Waals surface area contributed by atoms with E-state index in [2.05, 4.69) is 39.7 Å². The maximum absolute atomic E-state index is 5.29. The summed E-state index contributed by atoms with van der Waals surface area (Å²) in [6, 6.07) is 3.68. The van der Waals surface area contributed by atoms with Crippen LogP contribution in [0, 0.1) is 4.64 Å². The van der Waals surface area contributed by atoms with E-state index < -0.39 is 0 Å². The predicted molar refractivity (Wildman–Crippen MR) is 68.9 cm³/mol. The van der Waals surface area contributed by atoms with Crippen LogP contribution in [0.3, 0.4) is 0 Å². The quantitative estimate of drug-likeness (QED) is 0.841. The molecule has 0 fully saturated rings. The van der Waals surface area contributed by atoms with E-state index in [0.29, 0.717) is 22.1 Å². The summed E-state index contributed by atoms with van der Waals surface area (Å²) >= 11 is 8.65. The summed E-state index contributed by atoms with van der Waals surface area (Å²) in [5.74, 6) is 1.70. The van der Waals surface area contributed by atoms with Gasteiger partial charge in [0.1, 0.15) is 4.64 Å². The second-order valence-corrected chi connectivity index (χ2v) is 4.93. The molecule has 0 radical (unpaired) electrons. The minimum Gasteiger partial charge on any atom is -0.461 e. The Bertz CT molecular complexity index is 546.